The van der Waals surface area contributed by atoms with E-state index < -0.39 is 16.1 Å². The highest BCUT2D eigenvalue weighted by Gasteiger charge is 1.95. The SMILES string of the molecule is N.N.O=[PH](O)CC[PH](=O)O. The maximum absolute atomic E-state index is 9.86. The van der Waals surface area contributed by atoms with Gasteiger partial charge in [-0.15, -0.1) is 0 Å². The average Bonchev–Trinajstić information content (AvgIpc) is 1.61. The van der Waals surface area contributed by atoms with Crippen LogP contribution < -0.4 is 12.3 Å². The fourth-order valence-corrected chi connectivity index (χ4v) is 1.92. The molecule has 0 rings (SSSR count). The van der Waals surface area contributed by atoms with Crippen molar-refractivity contribution < 1.29 is 18.9 Å². The van der Waals surface area contributed by atoms with E-state index in [2.05, 4.69) is 0 Å². The lowest BCUT2D eigenvalue weighted by atomic mass is 11.0. The van der Waals surface area contributed by atoms with Gasteiger partial charge in [-0.25, -0.2) is 0 Å². The van der Waals surface area contributed by atoms with Crippen LogP contribution in [0.3, 0.4) is 0 Å². The lowest BCUT2D eigenvalue weighted by Gasteiger charge is -1.88. The first-order valence-electron chi connectivity index (χ1n) is 2.06. The van der Waals surface area contributed by atoms with E-state index in [-0.39, 0.29) is 24.6 Å². The van der Waals surface area contributed by atoms with Crippen LogP contribution in [-0.2, 0) is 9.13 Å². The van der Waals surface area contributed by atoms with Crippen LogP contribution in [0.1, 0.15) is 0 Å². The van der Waals surface area contributed by atoms with Gasteiger partial charge in [-0.1, -0.05) is 0 Å². The van der Waals surface area contributed by atoms with E-state index in [1.807, 2.05) is 0 Å². The minimum Gasteiger partial charge on any atom is -0.346 e. The minimum atomic E-state index is -2.51. The molecular weight excluding hydrogens is 178 g/mol. The standard InChI is InChI=1S/C2H8O4P2.2H3N/c3-7(4)1-2-8(5)6;;/h7-8H,1-2H2,(H,3,4)(H,5,6);2*1H3. The molecule has 0 spiro atoms. The van der Waals surface area contributed by atoms with Crippen molar-refractivity contribution in [2.45, 2.75) is 0 Å². The Kier molecular flexibility index (Phi) is 15.5. The molecule has 0 aliphatic heterocycles. The first-order valence-corrected chi connectivity index (χ1v) is 5.19. The van der Waals surface area contributed by atoms with E-state index in [9.17, 15) is 9.13 Å². The van der Waals surface area contributed by atoms with Crippen molar-refractivity contribution in [1.29, 1.82) is 0 Å². The van der Waals surface area contributed by atoms with Gasteiger partial charge in [-0.05, 0) is 0 Å². The summed E-state index contributed by atoms with van der Waals surface area (Å²) in [5, 5.41) is 0. The molecule has 0 heterocycles. The van der Waals surface area contributed by atoms with E-state index in [0.29, 0.717) is 0 Å². The Bertz CT molecular complexity index is 104. The highest BCUT2D eigenvalue weighted by atomic mass is 31.1. The van der Waals surface area contributed by atoms with Gasteiger partial charge in [0.2, 0.25) is 0 Å². The van der Waals surface area contributed by atoms with E-state index >= 15 is 0 Å². The maximum atomic E-state index is 9.86. The Morgan fingerprint density at radius 3 is 1.20 bits per heavy atom. The fraction of sp³-hybridized carbons (Fsp3) is 1.00. The van der Waals surface area contributed by atoms with Crippen molar-refractivity contribution in [3.63, 3.8) is 0 Å². The van der Waals surface area contributed by atoms with Gasteiger partial charge in [0.25, 0.3) is 0 Å². The summed E-state index contributed by atoms with van der Waals surface area (Å²) in [6.07, 6.45) is -0.0576. The molecule has 8 N–H and O–H groups in total. The average molecular weight is 192 g/mol. The van der Waals surface area contributed by atoms with Gasteiger partial charge >= 0.3 is 0 Å². The second-order valence-corrected chi connectivity index (χ2v) is 3.86. The van der Waals surface area contributed by atoms with Crippen LogP contribution in [0, 0.1) is 0 Å². The van der Waals surface area contributed by atoms with E-state index in [1.165, 1.54) is 0 Å². The Hall–Kier alpha value is 0.300. The smallest absolute Gasteiger partial charge is 0.189 e. The maximum Gasteiger partial charge on any atom is 0.189 e. The third-order valence-corrected chi connectivity index (χ3v) is 2.41. The minimum absolute atomic E-state index is 0. The molecule has 0 aliphatic carbocycles. The molecule has 0 saturated heterocycles. The zero-order valence-electron chi connectivity index (χ0n) is 5.54. The van der Waals surface area contributed by atoms with Gasteiger partial charge in [0, 0.05) is 12.3 Å². The van der Waals surface area contributed by atoms with Crippen molar-refractivity contribution in [2.75, 3.05) is 12.3 Å². The van der Waals surface area contributed by atoms with Crippen LogP contribution in [0.2, 0.25) is 0 Å². The first-order chi connectivity index (χ1) is 3.63. The molecule has 0 aromatic heterocycles. The van der Waals surface area contributed by atoms with Gasteiger partial charge in [-0.3, -0.25) is 9.13 Å². The highest BCUT2D eigenvalue weighted by molar-refractivity contribution is 7.42. The molecular formula is C2H14N2O4P2. The second kappa shape index (κ2) is 9.30. The van der Waals surface area contributed by atoms with E-state index in [0.717, 1.165) is 0 Å². The highest BCUT2D eigenvalue weighted by Crippen LogP contribution is 2.20. The summed E-state index contributed by atoms with van der Waals surface area (Å²) in [5.41, 5.74) is 0. The van der Waals surface area contributed by atoms with Crippen LogP contribution in [-0.4, -0.2) is 22.1 Å². The summed E-state index contributed by atoms with van der Waals surface area (Å²) < 4.78 is 19.7. The molecule has 66 valence electrons. The van der Waals surface area contributed by atoms with Crippen LogP contribution in [0.5, 0.6) is 0 Å². The summed E-state index contributed by atoms with van der Waals surface area (Å²) in [6, 6.07) is 0. The molecule has 6 nitrogen and oxygen atoms in total. The van der Waals surface area contributed by atoms with Crippen molar-refractivity contribution in [2.24, 2.45) is 0 Å². The van der Waals surface area contributed by atoms with Gasteiger partial charge in [0.15, 0.2) is 16.1 Å². The van der Waals surface area contributed by atoms with Crippen LogP contribution in [0.4, 0.5) is 0 Å². The van der Waals surface area contributed by atoms with Gasteiger partial charge in [0.1, 0.15) is 0 Å². The Morgan fingerprint density at radius 1 is 0.900 bits per heavy atom. The second-order valence-electron chi connectivity index (χ2n) is 1.29. The van der Waals surface area contributed by atoms with Crippen molar-refractivity contribution >= 4 is 16.1 Å². The summed E-state index contributed by atoms with van der Waals surface area (Å²) in [7, 11) is -5.03. The molecule has 0 aromatic carbocycles. The summed E-state index contributed by atoms with van der Waals surface area (Å²) >= 11 is 0. The Balaban J connectivity index is -0.000000245. The van der Waals surface area contributed by atoms with Gasteiger partial charge < -0.3 is 22.1 Å². The van der Waals surface area contributed by atoms with Gasteiger partial charge in [-0.2, -0.15) is 0 Å². The third kappa shape index (κ3) is 15.7. The lowest BCUT2D eigenvalue weighted by molar-refractivity contribution is 0.494. The quantitative estimate of drug-likeness (QED) is 0.471. The third-order valence-electron chi connectivity index (χ3n) is 0.553. The predicted octanol–water partition coefficient (Wildman–Crippen LogP) is 0.244. The zero-order valence-corrected chi connectivity index (χ0v) is 7.54. The largest absolute Gasteiger partial charge is 0.346 e. The molecule has 0 bridgehead atoms. The topological polar surface area (TPSA) is 145 Å². The molecule has 2 atom stereocenters. The lowest BCUT2D eigenvalue weighted by Crippen LogP contribution is -1.79. The predicted molar refractivity (Wildman–Crippen MR) is 42.2 cm³/mol. The van der Waals surface area contributed by atoms with Gasteiger partial charge in [0.05, 0.1) is 0 Å². The molecule has 0 aromatic rings. The molecule has 2 unspecified atom stereocenters. The van der Waals surface area contributed by atoms with Crippen LogP contribution in [0.25, 0.3) is 0 Å². The molecule has 0 amide bonds. The van der Waals surface area contributed by atoms with E-state index in [4.69, 9.17) is 9.79 Å². The molecule has 0 saturated carbocycles. The van der Waals surface area contributed by atoms with Crippen molar-refractivity contribution in [3.05, 3.63) is 0 Å². The van der Waals surface area contributed by atoms with Crippen molar-refractivity contribution in [1.82, 2.24) is 12.3 Å². The van der Waals surface area contributed by atoms with Crippen LogP contribution >= 0.6 is 16.1 Å². The van der Waals surface area contributed by atoms with E-state index in [1.54, 1.807) is 0 Å². The summed E-state index contributed by atoms with van der Waals surface area (Å²) in [6.45, 7) is 0. The fourth-order valence-electron chi connectivity index (χ4n) is 0.214. The number of rotatable bonds is 3. The number of hydrogen-bond donors (Lipinski definition) is 4. The first kappa shape index (κ1) is 16.7. The molecule has 0 radical (unpaired) electrons. The zero-order chi connectivity index (χ0) is 6.57. The molecule has 0 aliphatic rings. The Morgan fingerprint density at radius 2 is 1.10 bits per heavy atom. The van der Waals surface area contributed by atoms with Crippen molar-refractivity contribution in [3.8, 4) is 0 Å². The van der Waals surface area contributed by atoms with Crippen LogP contribution in [0.15, 0.2) is 0 Å². The number of hydrogen-bond acceptors (Lipinski definition) is 4. The summed E-state index contributed by atoms with van der Waals surface area (Å²) in [4.78, 5) is 16.2. The summed E-state index contributed by atoms with van der Waals surface area (Å²) in [5.74, 6) is 0. The molecule has 8 heteroatoms. The Labute approximate surface area is 60.5 Å². The monoisotopic (exact) mass is 192 g/mol. The molecule has 10 heavy (non-hydrogen) atoms. The normalized spacial score (nSPS) is 14.2. The molecule has 0 fully saturated rings.